The molecule has 0 saturated heterocycles. The van der Waals surface area contributed by atoms with Crippen molar-refractivity contribution in [2.75, 3.05) is 6.61 Å². The molecule has 0 aliphatic heterocycles. The first kappa shape index (κ1) is 12.9. The molecule has 0 fully saturated rings. The Morgan fingerprint density at radius 3 is 2.81 bits per heavy atom. The number of hydrogen-bond donors (Lipinski definition) is 1. The van der Waals surface area contributed by atoms with Crippen molar-refractivity contribution >= 4 is 11.6 Å². The maximum atomic E-state index is 6.07. The summed E-state index contributed by atoms with van der Waals surface area (Å²) in [6.45, 7) is 4.28. The van der Waals surface area contributed by atoms with Crippen LogP contribution in [0.15, 0.2) is 18.2 Å². The van der Waals surface area contributed by atoms with Crippen LogP contribution in [0.2, 0.25) is 5.02 Å². The van der Waals surface area contributed by atoms with Crippen molar-refractivity contribution < 1.29 is 4.74 Å². The standard InChI is InChI=1S/C13H16ClNO/c1-3-4-5-8-16-13-7-6-11(10(2)15)9-12(13)14/h6-7,9-10H,5,8,15H2,1-2H3/t10-/m1/s1. The summed E-state index contributed by atoms with van der Waals surface area (Å²) in [6, 6.07) is 5.60. The second-order valence-electron chi connectivity index (χ2n) is 3.50. The number of nitrogens with two attached hydrogens (primary N) is 1. The van der Waals surface area contributed by atoms with E-state index in [-0.39, 0.29) is 6.04 Å². The molecule has 0 aliphatic rings. The van der Waals surface area contributed by atoms with E-state index in [1.165, 1.54) is 0 Å². The third-order valence-corrected chi connectivity index (χ3v) is 2.44. The van der Waals surface area contributed by atoms with E-state index in [1.807, 2.05) is 32.0 Å². The molecule has 0 saturated carbocycles. The minimum Gasteiger partial charge on any atom is -0.491 e. The quantitative estimate of drug-likeness (QED) is 0.645. The predicted octanol–water partition coefficient (Wildman–Crippen LogP) is 3.15. The Hall–Kier alpha value is -1.17. The highest BCUT2D eigenvalue weighted by Crippen LogP contribution is 2.27. The monoisotopic (exact) mass is 237 g/mol. The lowest BCUT2D eigenvalue weighted by Crippen LogP contribution is -2.05. The Bertz CT molecular complexity index is 404. The van der Waals surface area contributed by atoms with Crippen LogP contribution >= 0.6 is 11.6 Å². The lowest BCUT2D eigenvalue weighted by molar-refractivity contribution is 0.327. The smallest absolute Gasteiger partial charge is 0.137 e. The van der Waals surface area contributed by atoms with Gasteiger partial charge in [0.15, 0.2) is 0 Å². The van der Waals surface area contributed by atoms with Gasteiger partial charge in [-0.1, -0.05) is 17.7 Å². The topological polar surface area (TPSA) is 35.2 Å². The van der Waals surface area contributed by atoms with E-state index < -0.39 is 0 Å². The largest absolute Gasteiger partial charge is 0.491 e. The van der Waals surface area contributed by atoms with Gasteiger partial charge in [-0.2, -0.15) is 0 Å². The number of hydrogen-bond acceptors (Lipinski definition) is 2. The van der Waals surface area contributed by atoms with Crippen LogP contribution in [-0.2, 0) is 0 Å². The van der Waals surface area contributed by atoms with Crippen molar-refractivity contribution in [2.24, 2.45) is 5.73 Å². The molecule has 1 rings (SSSR count). The summed E-state index contributed by atoms with van der Waals surface area (Å²) in [6.07, 6.45) is 0.710. The van der Waals surface area contributed by atoms with Gasteiger partial charge in [-0.15, -0.1) is 11.8 Å². The molecule has 0 aromatic heterocycles. The first-order valence-corrected chi connectivity index (χ1v) is 5.60. The van der Waals surface area contributed by atoms with Crippen molar-refractivity contribution in [1.82, 2.24) is 0 Å². The molecule has 0 amide bonds. The van der Waals surface area contributed by atoms with Crippen LogP contribution in [0, 0.1) is 11.8 Å². The third-order valence-electron chi connectivity index (χ3n) is 2.14. The maximum Gasteiger partial charge on any atom is 0.137 e. The van der Waals surface area contributed by atoms with E-state index in [9.17, 15) is 0 Å². The SMILES string of the molecule is CC#CCCOc1ccc([C@@H](C)N)cc1Cl. The van der Waals surface area contributed by atoms with Gasteiger partial charge in [0.1, 0.15) is 5.75 Å². The fourth-order valence-electron chi connectivity index (χ4n) is 1.25. The Balaban J connectivity index is 2.63. The average Bonchev–Trinajstić information content (AvgIpc) is 2.26. The predicted molar refractivity (Wildman–Crippen MR) is 67.6 cm³/mol. The summed E-state index contributed by atoms with van der Waals surface area (Å²) in [5, 5.41) is 0.597. The summed E-state index contributed by atoms with van der Waals surface area (Å²) in [5.41, 5.74) is 6.76. The zero-order valence-corrected chi connectivity index (χ0v) is 10.3. The van der Waals surface area contributed by atoms with E-state index >= 15 is 0 Å². The second kappa shape index (κ2) is 6.42. The normalized spacial score (nSPS) is 11.5. The first-order valence-electron chi connectivity index (χ1n) is 5.22. The van der Waals surface area contributed by atoms with Gasteiger partial charge in [0.2, 0.25) is 0 Å². The highest BCUT2D eigenvalue weighted by molar-refractivity contribution is 6.32. The van der Waals surface area contributed by atoms with E-state index in [2.05, 4.69) is 11.8 Å². The summed E-state index contributed by atoms with van der Waals surface area (Å²) >= 11 is 6.07. The molecule has 0 radical (unpaired) electrons. The first-order chi connectivity index (χ1) is 7.65. The molecule has 2 N–H and O–H groups in total. The molecule has 3 heteroatoms. The highest BCUT2D eigenvalue weighted by atomic mass is 35.5. The van der Waals surface area contributed by atoms with Gasteiger partial charge < -0.3 is 10.5 Å². The Labute approximate surface area is 102 Å². The summed E-state index contributed by atoms with van der Waals surface area (Å²) in [7, 11) is 0. The fraction of sp³-hybridized carbons (Fsp3) is 0.385. The van der Waals surface area contributed by atoms with Crippen LogP contribution in [0.4, 0.5) is 0 Å². The van der Waals surface area contributed by atoms with Crippen LogP contribution in [0.25, 0.3) is 0 Å². The van der Waals surface area contributed by atoms with E-state index in [0.29, 0.717) is 23.8 Å². The van der Waals surface area contributed by atoms with E-state index in [4.69, 9.17) is 22.1 Å². The van der Waals surface area contributed by atoms with Crippen molar-refractivity contribution in [1.29, 1.82) is 0 Å². The lowest BCUT2D eigenvalue weighted by atomic mass is 10.1. The number of rotatable bonds is 4. The minimum atomic E-state index is -0.0162. The molecule has 0 bridgehead atoms. The molecule has 86 valence electrons. The Morgan fingerprint density at radius 1 is 1.50 bits per heavy atom. The summed E-state index contributed by atoms with van der Waals surface area (Å²) in [4.78, 5) is 0. The molecule has 16 heavy (non-hydrogen) atoms. The molecule has 0 unspecified atom stereocenters. The van der Waals surface area contributed by atoms with Gasteiger partial charge in [-0.3, -0.25) is 0 Å². The maximum absolute atomic E-state index is 6.07. The van der Waals surface area contributed by atoms with Crippen LogP contribution in [0.5, 0.6) is 5.75 Å². The zero-order valence-electron chi connectivity index (χ0n) is 9.59. The van der Waals surface area contributed by atoms with Crippen LogP contribution in [0.1, 0.15) is 31.9 Å². The van der Waals surface area contributed by atoms with Gasteiger partial charge >= 0.3 is 0 Å². The van der Waals surface area contributed by atoms with Crippen molar-refractivity contribution in [3.63, 3.8) is 0 Å². The molecule has 0 aliphatic carbocycles. The molecule has 0 spiro atoms. The van der Waals surface area contributed by atoms with Crippen molar-refractivity contribution in [3.05, 3.63) is 28.8 Å². The van der Waals surface area contributed by atoms with Crippen molar-refractivity contribution in [2.45, 2.75) is 26.3 Å². The summed E-state index contributed by atoms with van der Waals surface area (Å²) < 4.78 is 5.50. The molecule has 0 heterocycles. The Kier molecular flexibility index (Phi) is 5.18. The molecule has 2 nitrogen and oxygen atoms in total. The Morgan fingerprint density at radius 2 is 2.25 bits per heavy atom. The highest BCUT2D eigenvalue weighted by Gasteiger charge is 2.05. The van der Waals surface area contributed by atoms with Crippen LogP contribution < -0.4 is 10.5 Å². The van der Waals surface area contributed by atoms with Gasteiger partial charge in [0, 0.05) is 12.5 Å². The van der Waals surface area contributed by atoms with Gasteiger partial charge in [0.05, 0.1) is 11.6 Å². The zero-order chi connectivity index (χ0) is 12.0. The summed E-state index contributed by atoms with van der Waals surface area (Å²) in [5.74, 6) is 6.43. The van der Waals surface area contributed by atoms with Crippen LogP contribution in [-0.4, -0.2) is 6.61 Å². The number of halogens is 1. The molecule has 1 aromatic rings. The molecular weight excluding hydrogens is 222 g/mol. The molecular formula is C13H16ClNO. The molecule has 1 aromatic carbocycles. The van der Waals surface area contributed by atoms with E-state index in [1.54, 1.807) is 0 Å². The van der Waals surface area contributed by atoms with Crippen LogP contribution in [0.3, 0.4) is 0 Å². The van der Waals surface area contributed by atoms with Gasteiger partial charge in [-0.25, -0.2) is 0 Å². The van der Waals surface area contributed by atoms with Gasteiger partial charge in [0.25, 0.3) is 0 Å². The molecule has 1 atom stereocenters. The second-order valence-corrected chi connectivity index (χ2v) is 3.91. The minimum absolute atomic E-state index is 0.0162. The number of ether oxygens (including phenoxy) is 1. The van der Waals surface area contributed by atoms with Crippen molar-refractivity contribution in [3.8, 4) is 17.6 Å². The van der Waals surface area contributed by atoms with Gasteiger partial charge in [-0.05, 0) is 31.5 Å². The number of benzene rings is 1. The fourth-order valence-corrected chi connectivity index (χ4v) is 1.50. The van der Waals surface area contributed by atoms with E-state index in [0.717, 1.165) is 5.56 Å². The lowest BCUT2D eigenvalue weighted by Gasteiger charge is -2.10. The third kappa shape index (κ3) is 3.77. The average molecular weight is 238 g/mol.